The van der Waals surface area contributed by atoms with Crippen molar-refractivity contribution < 1.29 is 4.79 Å². The number of nitrogens with one attached hydrogen (secondary N) is 1. The number of hydrogen-bond acceptors (Lipinski definition) is 4. The fraction of sp³-hybridized carbons (Fsp3) is 0.238. The van der Waals surface area contributed by atoms with E-state index in [-0.39, 0.29) is 17.9 Å². The molecule has 0 fully saturated rings. The van der Waals surface area contributed by atoms with Gasteiger partial charge < -0.3 is 9.88 Å². The monoisotopic (exact) mass is 375 g/mol. The predicted octanol–water partition coefficient (Wildman–Crippen LogP) is 2.26. The molecule has 2 aromatic heterocycles. The number of carbonyl (C=O) groups excluding carboxylic acids is 1. The minimum atomic E-state index is -0.126. The number of aromatic nitrogens is 4. The minimum absolute atomic E-state index is 0.0952. The van der Waals surface area contributed by atoms with Gasteiger partial charge in [0.25, 0.3) is 5.56 Å². The van der Waals surface area contributed by atoms with Gasteiger partial charge in [-0.15, -0.1) is 0 Å². The zero-order valence-electron chi connectivity index (χ0n) is 15.6. The molecule has 1 N–H and O–H groups in total. The molecule has 0 saturated carbocycles. The number of fused-ring (bicyclic) bond motifs is 2. The van der Waals surface area contributed by atoms with E-state index in [4.69, 9.17) is 0 Å². The number of aryl methyl sites for hydroxylation is 2. The zero-order chi connectivity index (χ0) is 19.5. The van der Waals surface area contributed by atoms with Crippen LogP contribution in [-0.2, 0) is 17.9 Å². The lowest BCUT2D eigenvalue weighted by molar-refractivity contribution is -0.121. The largest absolute Gasteiger partial charge is 0.354 e. The predicted molar refractivity (Wildman–Crippen MR) is 108 cm³/mol. The van der Waals surface area contributed by atoms with Crippen LogP contribution in [0.1, 0.15) is 12.2 Å². The summed E-state index contributed by atoms with van der Waals surface area (Å²) in [5.74, 6) is 0.825. The summed E-state index contributed by atoms with van der Waals surface area (Å²) in [5, 5.41) is 3.48. The maximum atomic E-state index is 12.5. The van der Waals surface area contributed by atoms with E-state index in [1.165, 1.54) is 10.9 Å². The van der Waals surface area contributed by atoms with Crippen molar-refractivity contribution >= 4 is 27.8 Å². The van der Waals surface area contributed by atoms with Gasteiger partial charge in [0.05, 0.1) is 28.3 Å². The molecule has 0 saturated heterocycles. The molecule has 0 spiro atoms. The maximum absolute atomic E-state index is 12.5. The Morgan fingerprint density at radius 2 is 1.79 bits per heavy atom. The average molecular weight is 375 g/mol. The Morgan fingerprint density at radius 1 is 1.04 bits per heavy atom. The lowest BCUT2D eigenvalue weighted by Crippen LogP contribution is -2.30. The quantitative estimate of drug-likeness (QED) is 0.560. The summed E-state index contributed by atoms with van der Waals surface area (Å²) < 4.78 is 3.57. The van der Waals surface area contributed by atoms with Gasteiger partial charge in [0.1, 0.15) is 5.82 Å². The summed E-state index contributed by atoms with van der Waals surface area (Å²) in [4.78, 5) is 33.5. The molecule has 0 atom stereocenters. The van der Waals surface area contributed by atoms with Crippen LogP contribution in [0.2, 0.25) is 0 Å². The molecule has 0 aliphatic carbocycles. The molecular formula is C21H21N5O2. The van der Waals surface area contributed by atoms with Crippen molar-refractivity contribution in [3.63, 3.8) is 0 Å². The van der Waals surface area contributed by atoms with Crippen LogP contribution in [-0.4, -0.2) is 31.6 Å². The average Bonchev–Trinajstić information content (AvgIpc) is 3.03. The summed E-state index contributed by atoms with van der Waals surface area (Å²) in [6, 6.07) is 15.2. The van der Waals surface area contributed by atoms with E-state index in [1.807, 2.05) is 43.3 Å². The number of amides is 1. The first kappa shape index (κ1) is 17.9. The molecule has 142 valence electrons. The molecule has 4 rings (SSSR count). The van der Waals surface area contributed by atoms with Crippen LogP contribution in [0.15, 0.2) is 59.7 Å². The van der Waals surface area contributed by atoms with E-state index in [2.05, 4.69) is 19.9 Å². The van der Waals surface area contributed by atoms with Crippen LogP contribution in [0.3, 0.4) is 0 Å². The number of rotatable bonds is 6. The highest BCUT2D eigenvalue weighted by atomic mass is 16.1. The lowest BCUT2D eigenvalue weighted by atomic mass is 10.2. The number of carbonyl (C=O) groups is 1. The van der Waals surface area contributed by atoms with E-state index < -0.39 is 0 Å². The SMILES string of the molecule is Cc1nc2ccccc2n1CCNC(=O)CCn1cnc2ccccc2c1=O. The van der Waals surface area contributed by atoms with Gasteiger partial charge in [0.15, 0.2) is 0 Å². The normalized spacial score (nSPS) is 11.2. The van der Waals surface area contributed by atoms with Gasteiger partial charge in [0.2, 0.25) is 5.91 Å². The van der Waals surface area contributed by atoms with Gasteiger partial charge >= 0.3 is 0 Å². The molecule has 0 unspecified atom stereocenters. The van der Waals surface area contributed by atoms with Crippen molar-refractivity contribution in [2.24, 2.45) is 0 Å². The third kappa shape index (κ3) is 3.51. The zero-order valence-corrected chi connectivity index (χ0v) is 15.6. The van der Waals surface area contributed by atoms with E-state index in [0.29, 0.717) is 30.5 Å². The first-order valence-electron chi connectivity index (χ1n) is 9.26. The fourth-order valence-electron chi connectivity index (χ4n) is 3.36. The van der Waals surface area contributed by atoms with E-state index in [0.717, 1.165) is 16.9 Å². The molecule has 7 heteroatoms. The first-order valence-corrected chi connectivity index (χ1v) is 9.26. The Labute approximate surface area is 161 Å². The second-order valence-electron chi connectivity index (χ2n) is 6.66. The summed E-state index contributed by atoms with van der Waals surface area (Å²) in [5.41, 5.74) is 2.55. The third-order valence-electron chi connectivity index (χ3n) is 4.81. The number of imidazole rings is 1. The van der Waals surface area contributed by atoms with Gasteiger partial charge in [0, 0.05) is 26.1 Å². The molecular weight excluding hydrogens is 354 g/mol. The number of para-hydroxylation sites is 3. The number of benzene rings is 2. The second-order valence-corrected chi connectivity index (χ2v) is 6.66. The van der Waals surface area contributed by atoms with Crippen LogP contribution in [0.25, 0.3) is 21.9 Å². The van der Waals surface area contributed by atoms with Gasteiger partial charge in [-0.3, -0.25) is 14.2 Å². The number of hydrogen-bond donors (Lipinski definition) is 1. The standard InChI is InChI=1S/C21H21N5O2/c1-15-24-18-8-4-5-9-19(18)26(15)13-11-22-20(27)10-12-25-14-23-17-7-3-2-6-16(17)21(25)28/h2-9,14H,10-13H2,1H3,(H,22,27). The van der Waals surface area contributed by atoms with Crippen LogP contribution < -0.4 is 10.9 Å². The van der Waals surface area contributed by atoms with Gasteiger partial charge in [-0.25, -0.2) is 9.97 Å². The van der Waals surface area contributed by atoms with Crippen LogP contribution in [0, 0.1) is 6.92 Å². The molecule has 2 aromatic carbocycles. The van der Waals surface area contributed by atoms with Gasteiger partial charge in [-0.2, -0.15) is 0 Å². The Balaban J connectivity index is 1.34. The fourth-order valence-corrected chi connectivity index (χ4v) is 3.36. The molecule has 4 aromatic rings. The Morgan fingerprint density at radius 3 is 2.64 bits per heavy atom. The van der Waals surface area contributed by atoms with Crippen molar-refractivity contribution in [3.8, 4) is 0 Å². The van der Waals surface area contributed by atoms with E-state index in [1.54, 1.807) is 12.1 Å². The lowest BCUT2D eigenvalue weighted by Gasteiger charge is -2.10. The Bertz CT molecular complexity index is 1210. The van der Waals surface area contributed by atoms with Gasteiger partial charge in [-0.05, 0) is 31.2 Å². The molecule has 7 nitrogen and oxygen atoms in total. The number of nitrogens with zero attached hydrogens (tertiary/aromatic N) is 4. The Hall–Kier alpha value is -3.48. The summed E-state index contributed by atoms with van der Waals surface area (Å²) >= 11 is 0. The highest BCUT2D eigenvalue weighted by molar-refractivity contribution is 5.78. The molecule has 0 aliphatic rings. The van der Waals surface area contributed by atoms with E-state index in [9.17, 15) is 9.59 Å². The smallest absolute Gasteiger partial charge is 0.261 e. The van der Waals surface area contributed by atoms with Gasteiger partial charge in [-0.1, -0.05) is 24.3 Å². The molecule has 0 radical (unpaired) electrons. The highest BCUT2D eigenvalue weighted by Gasteiger charge is 2.08. The second kappa shape index (κ2) is 7.64. The summed E-state index contributed by atoms with van der Waals surface area (Å²) in [6.45, 7) is 3.41. The van der Waals surface area contributed by atoms with Crippen LogP contribution >= 0.6 is 0 Å². The molecule has 1 amide bonds. The molecule has 2 heterocycles. The van der Waals surface area contributed by atoms with Crippen LogP contribution in [0.5, 0.6) is 0 Å². The van der Waals surface area contributed by atoms with Crippen LogP contribution in [0.4, 0.5) is 0 Å². The van der Waals surface area contributed by atoms with E-state index >= 15 is 0 Å². The van der Waals surface area contributed by atoms with Crippen molar-refractivity contribution in [1.29, 1.82) is 0 Å². The molecule has 28 heavy (non-hydrogen) atoms. The molecule has 0 bridgehead atoms. The van der Waals surface area contributed by atoms with Crippen molar-refractivity contribution in [2.75, 3.05) is 6.54 Å². The Kier molecular flexibility index (Phi) is 4.89. The first-order chi connectivity index (χ1) is 13.6. The molecule has 0 aliphatic heterocycles. The topological polar surface area (TPSA) is 81.8 Å². The summed E-state index contributed by atoms with van der Waals surface area (Å²) in [6.07, 6.45) is 1.72. The summed E-state index contributed by atoms with van der Waals surface area (Å²) in [7, 11) is 0. The van der Waals surface area contributed by atoms with Crippen molar-refractivity contribution in [1.82, 2.24) is 24.4 Å². The maximum Gasteiger partial charge on any atom is 0.261 e. The van der Waals surface area contributed by atoms with Crippen molar-refractivity contribution in [2.45, 2.75) is 26.4 Å². The van der Waals surface area contributed by atoms with Crippen molar-refractivity contribution in [3.05, 3.63) is 71.0 Å². The third-order valence-corrected chi connectivity index (χ3v) is 4.81. The highest BCUT2D eigenvalue weighted by Crippen LogP contribution is 2.14. The minimum Gasteiger partial charge on any atom is -0.354 e.